The topological polar surface area (TPSA) is 46.6 Å². The zero-order chi connectivity index (χ0) is 21.3. The van der Waals surface area contributed by atoms with Gasteiger partial charge in [0.05, 0.1) is 23.3 Å². The predicted octanol–water partition coefficient (Wildman–Crippen LogP) is 5.39. The summed E-state index contributed by atoms with van der Waals surface area (Å²) in [5.41, 5.74) is 3.70. The molecule has 30 heavy (non-hydrogen) atoms. The second-order valence-corrected chi connectivity index (χ2v) is 8.22. The van der Waals surface area contributed by atoms with E-state index in [1.807, 2.05) is 74.5 Å². The van der Waals surface area contributed by atoms with Gasteiger partial charge in [0.25, 0.3) is 11.8 Å². The summed E-state index contributed by atoms with van der Waals surface area (Å²) < 4.78 is 5.24. The lowest BCUT2D eigenvalue weighted by atomic mass is 10.1. The van der Waals surface area contributed by atoms with E-state index in [-0.39, 0.29) is 11.8 Å². The summed E-state index contributed by atoms with van der Waals surface area (Å²) >= 11 is 1.32. The number of ether oxygens (including phenoxy) is 1. The van der Waals surface area contributed by atoms with Gasteiger partial charge in [0.1, 0.15) is 5.75 Å². The van der Waals surface area contributed by atoms with Crippen LogP contribution >= 0.6 is 11.8 Å². The predicted molar refractivity (Wildman–Crippen MR) is 121 cm³/mol. The Morgan fingerprint density at radius 1 is 0.800 bits per heavy atom. The van der Waals surface area contributed by atoms with E-state index in [4.69, 9.17) is 4.74 Å². The highest BCUT2D eigenvalue weighted by Gasteiger charge is 2.40. The van der Waals surface area contributed by atoms with Crippen molar-refractivity contribution in [2.24, 2.45) is 0 Å². The number of carbonyl (C=O) groups is 2. The number of anilines is 1. The maximum absolute atomic E-state index is 13.5. The highest BCUT2D eigenvalue weighted by Crippen LogP contribution is 2.41. The first-order valence-electron chi connectivity index (χ1n) is 9.56. The van der Waals surface area contributed by atoms with Crippen LogP contribution < -0.4 is 9.64 Å². The van der Waals surface area contributed by atoms with E-state index in [0.29, 0.717) is 27.5 Å². The number of methoxy groups -OCH3 is 1. The molecular weight excluding hydrogens is 394 g/mol. The van der Waals surface area contributed by atoms with Gasteiger partial charge in [-0.1, -0.05) is 48.2 Å². The molecule has 0 saturated carbocycles. The molecule has 0 radical (unpaired) electrons. The normalized spacial score (nSPS) is 13.9. The molecule has 0 spiro atoms. The molecule has 1 aliphatic heterocycles. The third-order valence-corrected chi connectivity index (χ3v) is 5.94. The lowest BCUT2D eigenvalue weighted by Crippen LogP contribution is -2.31. The van der Waals surface area contributed by atoms with Crippen molar-refractivity contribution in [3.8, 4) is 5.75 Å². The van der Waals surface area contributed by atoms with E-state index in [1.165, 1.54) is 16.7 Å². The molecule has 0 aromatic heterocycles. The summed E-state index contributed by atoms with van der Waals surface area (Å²) in [5, 5.41) is 0. The molecule has 1 aliphatic rings. The van der Waals surface area contributed by atoms with E-state index in [0.717, 1.165) is 16.0 Å². The lowest BCUT2D eigenvalue weighted by molar-refractivity contribution is -0.119. The highest BCUT2D eigenvalue weighted by atomic mass is 32.2. The number of carbonyl (C=O) groups excluding carboxylic acids is 2. The van der Waals surface area contributed by atoms with Crippen LogP contribution in [-0.2, 0) is 9.59 Å². The maximum Gasteiger partial charge on any atom is 0.272 e. The summed E-state index contributed by atoms with van der Waals surface area (Å²) in [5.74, 6) is 0.0813. The molecule has 0 atom stereocenters. The second kappa shape index (κ2) is 8.20. The smallest absolute Gasteiger partial charge is 0.272 e. The number of benzene rings is 3. The molecule has 0 saturated heterocycles. The molecule has 4 nitrogen and oxygen atoms in total. The summed E-state index contributed by atoms with van der Waals surface area (Å²) in [4.78, 5) is 29.6. The van der Waals surface area contributed by atoms with Crippen LogP contribution in [-0.4, -0.2) is 18.9 Å². The molecule has 0 aliphatic carbocycles. The number of hydrogen-bond donors (Lipinski definition) is 0. The number of nitrogens with zero attached hydrogens (tertiary/aromatic N) is 1. The van der Waals surface area contributed by atoms with E-state index < -0.39 is 0 Å². The maximum atomic E-state index is 13.5. The highest BCUT2D eigenvalue weighted by molar-refractivity contribution is 8.04. The van der Waals surface area contributed by atoms with Crippen molar-refractivity contribution in [1.82, 2.24) is 0 Å². The molecular formula is C25H21NO3S. The Bertz CT molecular complexity index is 1130. The summed E-state index contributed by atoms with van der Waals surface area (Å²) in [6.07, 6.45) is 0. The number of amides is 2. The number of thioether (sulfide) groups is 1. The van der Waals surface area contributed by atoms with E-state index in [9.17, 15) is 9.59 Å². The van der Waals surface area contributed by atoms with Crippen molar-refractivity contribution in [1.29, 1.82) is 0 Å². The fourth-order valence-corrected chi connectivity index (χ4v) is 4.55. The fraction of sp³-hybridized carbons (Fsp3) is 0.120. The Morgan fingerprint density at radius 3 is 2.03 bits per heavy atom. The minimum Gasteiger partial charge on any atom is -0.497 e. The van der Waals surface area contributed by atoms with Gasteiger partial charge in [-0.3, -0.25) is 9.59 Å². The van der Waals surface area contributed by atoms with Crippen LogP contribution in [0.4, 0.5) is 5.69 Å². The monoisotopic (exact) mass is 415 g/mol. The number of rotatable bonds is 5. The van der Waals surface area contributed by atoms with Crippen LogP contribution in [0, 0.1) is 13.8 Å². The third-order valence-electron chi connectivity index (χ3n) is 4.85. The number of aryl methyl sites for hydroxylation is 2. The minimum atomic E-state index is -0.311. The summed E-state index contributed by atoms with van der Waals surface area (Å²) in [6.45, 7) is 3.91. The molecule has 1 heterocycles. The lowest BCUT2D eigenvalue weighted by Gasteiger charge is -2.16. The van der Waals surface area contributed by atoms with Gasteiger partial charge in [-0.05, 0) is 66.9 Å². The van der Waals surface area contributed by atoms with Gasteiger partial charge in [0, 0.05) is 4.90 Å². The Balaban J connectivity index is 1.83. The largest absolute Gasteiger partial charge is 0.497 e. The number of imide groups is 1. The van der Waals surface area contributed by atoms with Gasteiger partial charge in [-0.25, -0.2) is 4.90 Å². The molecule has 4 rings (SSSR count). The third kappa shape index (κ3) is 3.76. The van der Waals surface area contributed by atoms with Crippen molar-refractivity contribution in [2.75, 3.05) is 12.0 Å². The SMILES string of the molecule is COc1ccc(C2=C(Sc3ccccc3)C(=O)N(c3cc(C)cc(C)c3)C2=O)cc1. The molecule has 0 N–H and O–H groups in total. The van der Waals surface area contributed by atoms with Gasteiger partial charge in [0.2, 0.25) is 0 Å². The molecule has 0 bridgehead atoms. The van der Waals surface area contributed by atoms with E-state index in [1.54, 1.807) is 19.2 Å². The number of hydrogen-bond acceptors (Lipinski definition) is 4. The van der Waals surface area contributed by atoms with Crippen molar-refractivity contribution in [3.63, 3.8) is 0 Å². The van der Waals surface area contributed by atoms with Gasteiger partial charge in [0.15, 0.2) is 0 Å². The first kappa shape index (κ1) is 20.0. The Kier molecular flexibility index (Phi) is 5.46. The average Bonchev–Trinajstić information content (AvgIpc) is 2.97. The van der Waals surface area contributed by atoms with Crippen LogP contribution in [0.1, 0.15) is 16.7 Å². The first-order valence-corrected chi connectivity index (χ1v) is 10.4. The fourth-order valence-electron chi connectivity index (χ4n) is 3.54. The summed E-state index contributed by atoms with van der Waals surface area (Å²) in [7, 11) is 1.59. The molecule has 3 aromatic rings. The standard InChI is InChI=1S/C25H21NO3S/c1-16-13-17(2)15-19(14-16)26-24(27)22(18-9-11-20(29-3)12-10-18)23(25(26)28)30-21-7-5-4-6-8-21/h4-15H,1-3H3. The first-order chi connectivity index (χ1) is 14.5. The van der Waals surface area contributed by atoms with Crippen LogP contribution in [0.5, 0.6) is 5.75 Å². The summed E-state index contributed by atoms with van der Waals surface area (Å²) in [6, 6.07) is 22.6. The van der Waals surface area contributed by atoms with Crippen LogP contribution in [0.15, 0.2) is 82.6 Å². The molecule has 5 heteroatoms. The molecule has 0 fully saturated rings. The molecule has 0 unspecified atom stereocenters. The Hall–Kier alpha value is -3.31. The van der Waals surface area contributed by atoms with Crippen molar-refractivity contribution in [3.05, 3.63) is 94.4 Å². The van der Waals surface area contributed by atoms with Gasteiger partial charge in [-0.2, -0.15) is 0 Å². The quantitative estimate of drug-likeness (QED) is 0.524. The van der Waals surface area contributed by atoms with Crippen LogP contribution in [0.2, 0.25) is 0 Å². The van der Waals surface area contributed by atoms with Crippen molar-refractivity contribution < 1.29 is 14.3 Å². The second-order valence-electron chi connectivity index (χ2n) is 7.14. The molecule has 2 amide bonds. The average molecular weight is 416 g/mol. The Morgan fingerprint density at radius 2 is 1.43 bits per heavy atom. The van der Waals surface area contributed by atoms with Crippen molar-refractivity contribution in [2.45, 2.75) is 18.7 Å². The minimum absolute atomic E-state index is 0.301. The van der Waals surface area contributed by atoms with Gasteiger partial charge >= 0.3 is 0 Å². The molecule has 3 aromatic carbocycles. The van der Waals surface area contributed by atoms with Crippen LogP contribution in [0.3, 0.4) is 0 Å². The van der Waals surface area contributed by atoms with Crippen LogP contribution in [0.25, 0.3) is 5.57 Å². The zero-order valence-corrected chi connectivity index (χ0v) is 17.8. The Labute approximate surface area is 180 Å². The van der Waals surface area contributed by atoms with E-state index in [2.05, 4.69) is 0 Å². The zero-order valence-electron chi connectivity index (χ0n) is 17.0. The molecule has 150 valence electrons. The van der Waals surface area contributed by atoms with Gasteiger partial charge in [-0.15, -0.1) is 0 Å². The van der Waals surface area contributed by atoms with Gasteiger partial charge < -0.3 is 4.74 Å². The van der Waals surface area contributed by atoms with Crippen molar-refractivity contribution >= 4 is 34.8 Å². The van der Waals surface area contributed by atoms with E-state index >= 15 is 0 Å².